The van der Waals surface area contributed by atoms with Gasteiger partial charge in [-0.05, 0) is 25.9 Å². The molecule has 0 aliphatic carbocycles. The monoisotopic (exact) mass is 236 g/mol. The smallest absolute Gasteiger partial charge is 0.151 e. The molecule has 0 heterocycles. The Hall–Kier alpha value is -0.130. The van der Waals surface area contributed by atoms with Crippen LogP contribution in [0.5, 0.6) is 0 Å². The quantitative estimate of drug-likeness (QED) is 0.660. The highest BCUT2D eigenvalue weighted by Crippen LogP contribution is 1.98. The summed E-state index contributed by atoms with van der Waals surface area (Å²) in [6, 6.07) is 0. The SMILES string of the molecule is CCCS(=O)(=O)CCN(C)CC(C)CN. The van der Waals surface area contributed by atoms with E-state index in [9.17, 15) is 8.42 Å². The lowest BCUT2D eigenvalue weighted by Crippen LogP contribution is -2.32. The molecule has 0 saturated carbocycles. The van der Waals surface area contributed by atoms with Gasteiger partial charge in [0.2, 0.25) is 0 Å². The maximum Gasteiger partial charge on any atom is 0.151 e. The summed E-state index contributed by atoms with van der Waals surface area (Å²) in [6.45, 7) is 6.06. The van der Waals surface area contributed by atoms with E-state index < -0.39 is 9.84 Å². The summed E-state index contributed by atoms with van der Waals surface area (Å²) in [7, 11) is -0.904. The molecule has 2 N–H and O–H groups in total. The van der Waals surface area contributed by atoms with E-state index in [1.54, 1.807) is 0 Å². The lowest BCUT2D eigenvalue weighted by Gasteiger charge is -2.19. The second-order valence-electron chi connectivity index (χ2n) is 4.25. The van der Waals surface area contributed by atoms with Gasteiger partial charge in [0.15, 0.2) is 9.84 Å². The average molecular weight is 236 g/mol. The fraction of sp³-hybridized carbons (Fsp3) is 1.00. The van der Waals surface area contributed by atoms with E-state index in [1.165, 1.54) is 0 Å². The van der Waals surface area contributed by atoms with Crippen LogP contribution >= 0.6 is 0 Å². The third kappa shape index (κ3) is 7.76. The van der Waals surface area contributed by atoms with E-state index in [2.05, 4.69) is 6.92 Å². The van der Waals surface area contributed by atoms with Gasteiger partial charge in [-0.25, -0.2) is 8.42 Å². The van der Waals surface area contributed by atoms with Crippen molar-refractivity contribution >= 4 is 9.84 Å². The van der Waals surface area contributed by atoms with Gasteiger partial charge in [-0.3, -0.25) is 0 Å². The summed E-state index contributed by atoms with van der Waals surface area (Å²) in [6.07, 6.45) is 0.700. The van der Waals surface area contributed by atoms with Crippen molar-refractivity contribution < 1.29 is 8.42 Å². The van der Waals surface area contributed by atoms with Gasteiger partial charge in [-0.1, -0.05) is 13.8 Å². The van der Waals surface area contributed by atoms with Crippen molar-refractivity contribution in [3.63, 3.8) is 0 Å². The lowest BCUT2D eigenvalue weighted by molar-refractivity contribution is 0.303. The number of hydrogen-bond donors (Lipinski definition) is 1. The van der Waals surface area contributed by atoms with Crippen molar-refractivity contribution in [1.82, 2.24) is 4.90 Å². The molecule has 0 saturated heterocycles. The van der Waals surface area contributed by atoms with Crippen LogP contribution in [0.1, 0.15) is 20.3 Å². The van der Waals surface area contributed by atoms with Gasteiger partial charge in [-0.15, -0.1) is 0 Å². The first-order chi connectivity index (χ1) is 6.91. The fourth-order valence-electron chi connectivity index (χ4n) is 1.41. The molecule has 4 nitrogen and oxygen atoms in total. The van der Waals surface area contributed by atoms with Crippen molar-refractivity contribution in [2.45, 2.75) is 20.3 Å². The summed E-state index contributed by atoms with van der Waals surface area (Å²) in [5.41, 5.74) is 5.51. The predicted octanol–water partition coefficient (Wildman–Crippen LogP) is 0.338. The topological polar surface area (TPSA) is 63.4 Å². The molecule has 5 heteroatoms. The van der Waals surface area contributed by atoms with Crippen LogP contribution in [0.15, 0.2) is 0 Å². The van der Waals surface area contributed by atoms with Crippen molar-refractivity contribution in [3.05, 3.63) is 0 Å². The molecule has 0 fully saturated rings. The number of hydrogen-bond acceptors (Lipinski definition) is 4. The van der Waals surface area contributed by atoms with Crippen molar-refractivity contribution in [3.8, 4) is 0 Å². The van der Waals surface area contributed by atoms with Crippen molar-refractivity contribution in [1.29, 1.82) is 0 Å². The Bertz CT molecular complexity index is 252. The average Bonchev–Trinajstić information content (AvgIpc) is 2.15. The van der Waals surface area contributed by atoms with Crippen LogP contribution in [-0.2, 0) is 9.84 Å². The first-order valence-electron chi connectivity index (χ1n) is 5.50. The second-order valence-corrected chi connectivity index (χ2v) is 6.56. The molecule has 92 valence electrons. The zero-order valence-electron chi connectivity index (χ0n) is 10.1. The normalized spacial score (nSPS) is 14.5. The van der Waals surface area contributed by atoms with Crippen LogP contribution in [0, 0.1) is 5.92 Å². The van der Waals surface area contributed by atoms with Crippen LogP contribution in [0.4, 0.5) is 0 Å². The van der Waals surface area contributed by atoms with E-state index in [-0.39, 0.29) is 5.75 Å². The van der Waals surface area contributed by atoms with Gasteiger partial charge >= 0.3 is 0 Å². The third-order valence-electron chi connectivity index (χ3n) is 2.32. The van der Waals surface area contributed by atoms with Crippen molar-refractivity contribution in [2.75, 3.05) is 38.2 Å². The molecule has 0 aromatic carbocycles. The Labute approximate surface area is 93.7 Å². The van der Waals surface area contributed by atoms with Crippen LogP contribution in [0.2, 0.25) is 0 Å². The summed E-state index contributed by atoms with van der Waals surface area (Å²) < 4.78 is 22.9. The van der Waals surface area contributed by atoms with Gasteiger partial charge in [0.25, 0.3) is 0 Å². The Kier molecular flexibility index (Phi) is 7.13. The Balaban J connectivity index is 3.85. The fourth-order valence-corrected chi connectivity index (χ4v) is 2.82. The molecule has 0 spiro atoms. The molecular weight excluding hydrogens is 212 g/mol. The Morgan fingerprint density at radius 3 is 2.40 bits per heavy atom. The molecule has 0 aromatic heterocycles. The van der Waals surface area contributed by atoms with E-state index in [0.717, 1.165) is 6.54 Å². The van der Waals surface area contributed by atoms with Crippen LogP contribution in [0.3, 0.4) is 0 Å². The summed E-state index contributed by atoms with van der Waals surface area (Å²) in [5, 5.41) is 0. The van der Waals surface area contributed by atoms with Gasteiger partial charge in [0.1, 0.15) is 0 Å². The summed E-state index contributed by atoms with van der Waals surface area (Å²) >= 11 is 0. The van der Waals surface area contributed by atoms with E-state index >= 15 is 0 Å². The van der Waals surface area contributed by atoms with Gasteiger partial charge < -0.3 is 10.6 Å². The molecular formula is C10H24N2O2S. The zero-order valence-corrected chi connectivity index (χ0v) is 10.9. The summed E-state index contributed by atoms with van der Waals surface area (Å²) in [5.74, 6) is 0.978. The number of rotatable bonds is 8. The minimum Gasteiger partial charge on any atom is -0.330 e. The molecule has 0 aliphatic rings. The zero-order chi connectivity index (χ0) is 11.9. The first kappa shape index (κ1) is 14.9. The Morgan fingerprint density at radius 1 is 1.33 bits per heavy atom. The molecule has 15 heavy (non-hydrogen) atoms. The number of nitrogens with two attached hydrogens (primary N) is 1. The van der Waals surface area contributed by atoms with E-state index in [4.69, 9.17) is 5.73 Å². The molecule has 0 radical (unpaired) electrons. The van der Waals surface area contributed by atoms with Crippen LogP contribution in [-0.4, -0.2) is 51.5 Å². The number of nitrogens with zero attached hydrogens (tertiary/aromatic N) is 1. The largest absolute Gasteiger partial charge is 0.330 e. The minimum atomic E-state index is -2.84. The molecule has 0 bridgehead atoms. The number of sulfone groups is 1. The molecule has 0 amide bonds. The Morgan fingerprint density at radius 2 is 1.93 bits per heavy atom. The summed E-state index contributed by atoms with van der Waals surface area (Å²) in [4.78, 5) is 2.03. The molecule has 0 aliphatic heterocycles. The van der Waals surface area contributed by atoms with Gasteiger partial charge in [-0.2, -0.15) is 0 Å². The molecule has 1 atom stereocenters. The second kappa shape index (κ2) is 7.19. The molecule has 1 unspecified atom stereocenters. The van der Waals surface area contributed by atoms with E-state index in [0.29, 0.717) is 31.2 Å². The van der Waals surface area contributed by atoms with Crippen LogP contribution < -0.4 is 5.73 Å². The van der Waals surface area contributed by atoms with E-state index in [1.807, 2.05) is 18.9 Å². The predicted molar refractivity (Wildman–Crippen MR) is 64.7 cm³/mol. The van der Waals surface area contributed by atoms with Gasteiger partial charge in [0.05, 0.1) is 5.75 Å². The lowest BCUT2D eigenvalue weighted by atomic mass is 10.2. The van der Waals surface area contributed by atoms with Crippen LogP contribution in [0.25, 0.3) is 0 Å². The maximum atomic E-state index is 11.4. The minimum absolute atomic E-state index is 0.259. The van der Waals surface area contributed by atoms with Gasteiger partial charge in [0, 0.05) is 18.8 Å². The molecule has 0 rings (SSSR count). The first-order valence-corrected chi connectivity index (χ1v) is 7.32. The highest BCUT2D eigenvalue weighted by Gasteiger charge is 2.11. The standard InChI is InChI=1S/C10H24N2O2S/c1-4-6-15(13,14)7-5-12(3)9-10(2)8-11/h10H,4-9,11H2,1-3H3. The third-order valence-corrected chi connectivity index (χ3v) is 4.16. The maximum absolute atomic E-state index is 11.4. The highest BCUT2D eigenvalue weighted by molar-refractivity contribution is 7.91. The van der Waals surface area contributed by atoms with Crippen molar-refractivity contribution in [2.24, 2.45) is 11.7 Å². The molecule has 0 aromatic rings. The highest BCUT2D eigenvalue weighted by atomic mass is 32.2.